The van der Waals surface area contributed by atoms with Crippen molar-refractivity contribution in [2.45, 2.75) is 4.90 Å². The predicted octanol–water partition coefficient (Wildman–Crippen LogP) is 3.38. The van der Waals surface area contributed by atoms with Gasteiger partial charge in [0.15, 0.2) is 5.82 Å². The molecule has 5 nitrogen and oxygen atoms in total. The Bertz CT molecular complexity index is 873. The first-order chi connectivity index (χ1) is 12.1. The Morgan fingerprint density at radius 2 is 1.80 bits per heavy atom. The molecule has 0 unspecified atom stereocenters. The predicted molar refractivity (Wildman–Crippen MR) is 98.9 cm³/mol. The fourth-order valence-electron chi connectivity index (χ4n) is 2.28. The van der Waals surface area contributed by atoms with Crippen LogP contribution in [0.3, 0.4) is 0 Å². The van der Waals surface area contributed by atoms with Crippen molar-refractivity contribution in [2.24, 2.45) is 7.05 Å². The van der Waals surface area contributed by atoms with Gasteiger partial charge in [0.25, 0.3) is 0 Å². The zero-order chi connectivity index (χ0) is 17.6. The molecule has 2 aromatic carbocycles. The van der Waals surface area contributed by atoms with Gasteiger partial charge in [-0.2, -0.15) is 0 Å². The van der Waals surface area contributed by atoms with Gasteiger partial charge in [0.05, 0.1) is 5.75 Å². The number of aromatic nitrogens is 2. The first kappa shape index (κ1) is 17.0. The van der Waals surface area contributed by atoms with Crippen LogP contribution >= 0.6 is 11.8 Å². The van der Waals surface area contributed by atoms with Gasteiger partial charge in [0.2, 0.25) is 11.7 Å². The Morgan fingerprint density at radius 1 is 1.08 bits per heavy atom. The van der Waals surface area contributed by atoms with Gasteiger partial charge < -0.3 is 9.88 Å². The van der Waals surface area contributed by atoms with E-state index in [4.69, 9.17) is 0 Å². The van der Waals surface area contributed by atoms with Crippen LogP contribution in [-0.2, 0) is 11.8 Å². The van der Waals surface area contributed by atoms with Crippen LogP contribution in [0.4, 0.5) is 5.69 Å². The number of carbonyl (C=O) groups excluding carboxylic acids is 2. The van der Waals surface area contributed by atoms with Crippen molar-refractivity contribution in [2.75, 3.05) is 11.1 Å². The molecule has 3 aromatic rings. The molecule has 0 atom stereocenters. The Hall–Kier alpha value is -2.86. The van der Waals surface area contributed by atoms with Crippen molar-refractivity contribution in [3.8, 4) is 0 Å². The van der Waals surface area contributed by atoms with Gasteiger partial charge in [-0.25, -0.2) is 4.98 Å². The number of nitrogens with zero attached hydrogens (tertiary/aromatic N) is 2. The molecular formula is C19H17N3O2S. The zero-order valence-electron chi connectivity index (χ0n) is 13.7. The maximum absolute atomic E-state index is 12.3. The highest BCUT2D eigenvalue weighted by molar-refractivity contribution is 8.00. The molecule has 0 bridgehead atoms. The average molecular weight is 351 g/mol. The summed E-state index contributed by atoms with van der Waals surface area (Å²) in [5.74, 6) is 0.482. The van der Waals surface area contributed by atoms with Crippen LogP contribution in [0.2, 0.25) is 0 Å². The lowest BCUT2D eigenvalue weighted by Gasteiger charge is -2.06. The Balaban J connectivity index is 1.58. The monoisotopic (exact) mass is 351 g/mol. The number of rotatable bonds is 6. The van der Waals surface area contributed by atoms with Gasteiger partial charge in [-0.15, -0.1) is 11.8 Å². The third-order valence-electron chi connectivity index (χ3n) is 3.57. The van der Waals surface area contributed by atoms with E-state index in [9.17, 15) is 9.59 Å². The molecule has 0 aliphatic heterocycles. The van der Waals surface area contributed by atoms with E-state index in [1.54, 1.807) is 48.3 Å². The minimum Gasteiger partial charge on any atom is -0.331 e. The summed E-state index contributed by atoms with van der Waals surface area (Å²) in [5.41, 5.74) is 1.20. The molecule has 0 fully saturated rings. The minimum atomic E-state index is -0.148. The highest BCUT2D eigenvalue weighted by atomic mass is 32.2. The fourth-order valence-corrected chi connectivity index (χ4v) is 3.00. The number of carbonyl (C=O) groups is 2. The molecule has 0 aliphatic carbocycles. The van der Waals surface area contributed by atoms with E-state index in [1.165, 1.54) is 11.8 Å². The molecule has 126 valence electrons. The van der Waals surface area contributed by atoms with Gasteiger partial charge in [0.1, 0.15) is 0 Å². The molecule has 0 saturated carbocycles. The molecule has 1 amide bonds. The summed E-state index contributed by atoms with van der Waals surface area (Å²) >= 11 is 1.48. The first-order valence-electron chi connectivity index (χ1n) is 7.73. The van der Waals surface area contributed by atoms with Crippen LogP contribution in [0, 0.1) is 0 Å². The maximum Gasteiger partial charge on any atom is 0.234 e. The van der Waals surface area contributed by atoms with E-state index in [-0.39, 0.29) is 11.7 Å². The van der Waals surface area contributed by atoms with Crippen LogP contribution in [0.15, 0.2) is 71.9 Å². The topological polar surface area (TPSA) is 64.0 Å². The highest BCUT2D eigenvalue weighted by Crippen LogP contribution is 2.18. The SMILES string of the molecule is Cn1ccnc1C(=O)c1ccc(NC(=O)CSc2ccccc2)cc1. The summed E-state index contributed by atoms with van der Waals surface area (Å²) in [7, 11) is 1.78. The third-order valence-corrected chi connectivity index (χ3v) is 4.58. The largest absolute Gasteiger partial charge is 0.331 e. The molecule has 3 rings (SSSR count). The van der Waals surface area contributed by atoms with Crippen molar-refractivity contribution in [1.29, 1.82) is 0 Å². The molecule has 6 heteroatoms. The van der Waals surface area contributed by atoms with Crippen LogP contribution in [0.25, 0.3) is 0 Å². The Morgan fingerprint density at radius 3 is 2.44 bits per heavy atom. The van der Waals surface area contributed by atoms with Crippen LogP contribution in [0.5, 0.6) is 0 Å². The Kier molecular flexibility index (Phi) is 5.30. The van der Waals surface area contributed by atoms with Gasteiger partial charge in [-0.05, 0) is 36.4 Å². The lowest BCUT2D eigenvalue weighted by Crippen LogP contribution is -2.14. The number of hydrogen-bond donors (Lipinski definition) is 1. The van der Waals surface area contributed by atoms with Crippen molar-refractivity contribution < 1.29 is 9.59 Å². The number of imidazole rings is 1. The number of thioether (sulfide) groups is 1. The second-order valence-corrected chi connectivity index (χ2v) is 6.47. The normalized spacial score (nSPS) is 10.4. The summed E-state index contributed by atoms with van der Waals surface area (Å²) in [6.07, 6.45) is 3.32. The third kappa shape index (κ3) is 4.36. The highest BCUT2D eigenvalue weighted by Gasteiger charge is 2.13. The van der Waals surface area contributed by atoms with Crippen LogP contribution < -0.4 is 5.32 Å². The van der Waals surface area contributed by atoms with E-state index >= 15 is 0 Å². The summed E-state index contributed by atoms with van der Waals surface area (Å²) in [5, 5.41) is 2.83. The quantitative estimate of drug-likeness (QED) is 0.546. The van der Waals surface area contributed by atoms with Crippen molar-refractivity contribution >= 4 is 29.1 Å². The number of amides is 1. The number of aryl methyl sites for hydroxylation is 1. The van der Waals surface area contributed by atoms with E-state index in [0.29, 0.717) is 22.8 Å². The second kappa shape index (κ2) is 7.81. The lowest BCUT2D eigenvalue weighted by molar-refractivity contribution is -0.113. The van der Waals surface area contributed by atoms with Gasteiger partial charge in [-0.1, -0.05) is 18.2 Å². The smallest absolute Gasteiger partial charge is 0.234 e. The molecule has 0 saturated heterocycles. The van der Waals surface area contributed by atoms with E-state index in [0.717, 1.165) is 4.90 Å². The summed E-state index contributed by atoms with van der Waals surface area (Å²) < 4.78 is 1.68. The number of ketones is 1. The molecule has 1 aromatic heterocycles. The molecule has 1 heterocycles. The zero-order valence-corrected chi connectivity index (χ0v) is 14.5. The van der Waals surface area contributed by atoms with E-state index in [1.807, 2.05) is 30.3 Å². The van der Waals surface area contributed by atoms with E-state index in [2.05, 4.69) is 10.3 Å². The van der Waals surface area contributed by atoms with Crippen molar-refractivity contribution in [1.82, 2.24) is 9.55 Å². The number of benzene rings is 2. The molecule has 25 heavy (non-hydrogen) atoms. The second-order valence-electron chi connectivity index (χ2n) is 5.42. The van der Waals surface area contributed by atoms with Gasteiger partial charge in [0, 0.05) is 35.6 Å². The number of hydrogen-bond acceptors (Lipinski definition) is 4. The summed E-state index contributed by atoms with van der Waals surface area (Å²) in [6.45, 7) is 0. The van der Waals surface area contributed by atoms with Crippen LogP contribution in [-0.4, -0.2) is 27.0 Å². The molecule has 1 N–H and O–H groups in total. The van der Waals surface area contributed by atoms with E-state index < -0.39 is 0 Å². The fraction of sp³-hybridized carbons (Fsp3) is 0.105. The maximum atomic E-state index is 12.3. The summed E-state index contributed by atoms with van der Waals surface area (Å²) in [6, 6.07) is 16.6. The number of anilines is 1. The summed E-state index contributed by atoms with van der Waals surface area (Å²) in [4.78, 5) is 29.5. The standard InChI is InChI=1S/C19H17N3O2S/c1-22-12-11-20-19(22)18(24)14-7-9-15(10-8-14)21-17(23)13-25-16-5-3-2-4-6-16/h2-12H,13H2,1H3,(H,21,23). The minimum absolute atomic E-state index is 0.0861. The Labute approximate surface area is 150 Å². The van der Waals surface area contributed by atoms with Crippen molar-refractivity contribution in [3.05, 3.63) is 78.4 Å². The number of nitrogens with one attached hydrogen (secondary N) is 1. The first-order valence-corrected chi connectivity index (χ1v) is 8.72. The van der Waals surface area contributed by atoms with Gasteiger partial charge in [-0.3, -0.25) is 9.59 Å². The molecule has 0 spiro atoms. The van der Waals surface area contributed by atoms with Crippen LogP contribution in [0.1, 0.15) is 16.2 Å². The lowest BCUT2D eigenvalue weighted by atomic mass is 10.1. The molecule has 0 radical (unpaired) electrons. The molecule has 0 aliphatic rings. The van der Waals surface area contributed by atoms with Gasteiger partial charge >= 0.3 is 0 Å². The molecular weight excluding hydrogens is 334 g/mol. The average Bonchev–Trinajstić information content (AvgIpc) is 3.07. The van der Waals surface area contributed by atoms with Crippen molar-refractivity contribution in [3.63, 3.8) is 0 Å².